The molecule has 1 N–H and O–H groups in total. The van der Waals surface area contributed by atoms with E-state index in [0.29, 0.717) is 42.7 Å². The van der Waals surface area contributed by atoms with E-state index in [9.17, 15) is 5.26 Å². The fourth-order valence-electron chi connectivity index (χ4n) is 5.31. The molecule has 0 unspecified atom stereocenters. The maximum Gasteiger partial charge on any atom is 0.183 e. The molecular formula is C26H29N7O3. The van der Waals surface area contributed by atoms with Crippen LogP contribution in [0.3, 0.4) is 0 Å². The zero-order valence-electron chi connectivity index (χ0n) is 20.4. The van der Waals surface area contributed by atoms with Gasteiger partial charge >= 0.3 is 0 Å². The standard InChI is InChI=1S/C26H29N7O3/c1-16-30-20-6-9-35-25(20)26(31-16)32-17-2-4-19(5-3-17)36-23-13-18(33-7-10-34-11-8-33)12-21-24(23)22(14-27)29-15-28-21/h12-13,15,17,19H,2-11H2,1H3,(H,30,31,32)/t17-,19+. The van der Waals surface area contributed by atoms with Gasteiger partial charge in [-0.05, 0) is 38.7 Å². The molecule has 10 heteroatoms. The third-order valence-corrected chi connectivity index (χ3v) is 7.11. The monoisotopic (exact) mass is 487 g/mol. The Morgan fingerprint density at radius 3 is 2.72 bits per heavy atom. The molecule has 1 aromatic carbocycles. The van der Waals surface area contributed by atoms with Gasteiger partial charge in [-0.15, -0.1) is 0 Å². The summed E-state index contributed by atoms with van der Waals surface area (Å²) in [6.07, 6.45) is 6.01. The molecule has 0 radical (unpaired) electrons. The summed E-state index contributed by atoms with van der Waals surface area (Å²) in [7, 11) is 0. The average Bonchev–Trinajstić information content (AvgIpc) is 3.38. The van der Waals surface area contributed by atoms with Crippen LogP contribution in [0.25, 0.3) is 10.9 Å². The summed E-state index contributed by atoms with van der Waals surface area (Å²) in [5.74, 6) is 3.05. The first-order valence-corrected chi connectivity index (χ1v) is 12.6. The van der Waals surface area contributed by atoms with E-state index in [1.807, 2.05) is 19.1 Å². The lowest BCUT2D eigenvalue weighted by Crippen LogP contribution is -2.36. The van der Waals surface area contributed by atoms with E-state index >= 15 is 0 Å². The minimum Gasteiger partial charge on any atom is -0.490 e. The summed E-state index contributed by atoms with van der Waals surface area (Å²) in [5, 5.41) is 14.0. The van der Waals surface area contributed by atoms with E-state index in [0.717, 1.165) is 79.5 Å². The van der Waals surface area contributed by atoms with Gasteiger partial charge in [-0.25, -0.2) is 19.9 Å². The lowest BCUT2D eigenvalue weighted by Gasteiger charge is -2.32. The maximum atomic E-state index is 9.69. The first kappa shape index (κ1) is 22.7. The van der Waals surface area contributed by atoms with Crippen LogP contribution in [0.1, 0.15) is 42.9 Å². The minimum atomic E-state index is 0.0482. The van der Waals surface area contributed by atoms with Crippen molar-refractivity contribution in [3.63, 3.8) is 0 Å². The Bertz CT molecular complexity index is 1310. The fraction of sp³-hybridized carbons (Fsp3) is 0.500. The molecule has 0 bridgehead atoms. The van der Waals surface area contributed by atoms with Gasteiger partial charge in [-0.3, -0.25) is 0 Å². The number of nitrogens with one attached hydrogen (secondary N) is 1. The van der Waals surface area contributed by atoms with Crippen molar-refractivity contribution in [3.8, 4) is 17.6 Å². The van der Waals surface area contributed by atoms with Gasteiger partial charge in [0.2, 0.25) is 0 Å². The summed E-state index contributed by atoms with van der Waals surface area (Å²) in [6.45, 7) is 5.59. The number of aromatic nitrogens is 4. The molecule has 36 heavy (non-hydrogen) atoms. The number of aryl methyl sites for hydroxylation is 1. The largest absolute Gasteiger partial charge is 0.490 e. The smallest absolute Gasteiger partial charge is 0.183 e. The topological polar surface area (TPSA) is 118 Å². The molecule has 10 nitrogen and oxygen atoms in total. The van der Waals surface area contributed by atoms with Gasteiger partial charge in [0.05, 0.1) is 42.5 Å². The van der Waals surface area contributed by atoms with Crippen LogP contribution >= 0.6 is 0 Å². The molecule has 3 aliphatic rings. The lowest BCUT2D eigenvalue weighted by atomic mass is 9.92. The number of nitrogens with zero attached hydrogens (tertiary/aromatic N) is 6. The predicted octanol–water partition coefficient (Wildman–Crippen LogP) is 3.17. The molecule has 2 aliphatic heterocycles. The highest BCUT2D eigenvalue weighted by molar-refractivity contribution is 5.92. The average molecular weight is 488 g/mol. The first-order chi connectivity index (χ1) is 17.7. The SMILES string of the molecule is Cc1nc2c(c(N[C@H]3CC[C@@H](Oc4cc(N5CCOCC5)cc5ncnc(C#N)c45)CC3)n1)OCC2. The van der Waals surface area contributed by atoms with Crippen molar-refractivity contribution in [2.75, 3.05) is 43.1 Å². The Morgan fingerprint density at radius 1 is 1.08 bits per heavy atom. The Hall–Kier alpha value is -3.71. The van der Waals surface area contributed by atoms with Gasteiger partial charge in [0.25, 0.3) is 0 Å². The van der Waals surface area contributed by atoms with Gasteiger partial charge in [0.15, 0.2) is 17.3 Å². The molecule has 4 heterocycles. The molecule has 2 fully saturated rings. The number of rotatable bonds is 5. The van der Waals surface area contributed by atoms with E-state index in [4.69, 9.17) is 14.2 Å². The van der Waals surface area contributed by atoms with Gasteiger partial charge < -0.3 is 24.4 Å². The number of morpholine rings is 1. The summed E-state index contributed by atoms with van der Waals surface area (Å²) in [4.78, 5) is 20.0. The van der Waals surface area contributed by atoms with Crippen LogP contribution in [-0.4, -0.2) is 65.0 Å². The Morgan fingerprint density at radius 2 is 1.92 bits per heavy atom. The van der Waals surface area contributed by atoms with E-state index < -0.39 is 0 Å². The van der Waals surface area contributed by atoms with Crippen molar-refractivity contribution in [1.29, 1.82) is 5.26 Å². The van der Waals surface area contributed by atoms with Crippen LogP contribution in [0, 0.1) is 18.3 Å². The molecule has 0 spiro atoms. The molecule has 3 aromatic rings. The molecule has 2 aromatic heterocycles. The predicted molar refractivity (Wildman–Crippen MR) is 134 cm³/mol. The van der Waals surface area contributed by atoms with Crippen LogP contribution in [0.15, 0.2) is 18.5 Å². The third kappa shape index (κ3) is 4.46. The van der Waals surface area contributed by atoms with E-state index in [1.54, 1.807) is 0 Å². The summed E-state index contributed by atoms with van der Waals surface area (Å²) in [6, 6.07) is 6.55. The maximum absolute atomic E-state index is 9.69. The van der Waals surface area contributed by atoms with Crippen LogP contribution in [0.2, 0.25) is 0 Å². The van der Waals surface area contributed by atoms with Crippen molar-refractivity contribution in [3.05, 3.63) is 35.7 Å². The number of hydrogen-bond acceptors (Lipinski definition) is 10. The van der Waals surface area contributed by atoms with Crippen LogP contribution in [-0.2, 0) is 11.2 Å². The summed E-state index contributed by atoms with van der Waals surface area (Å²) in [5.41, 5.74) is 3.09. The van der Waals surface area contributed by atoms with Gasteiger partial charge in [0.1, 0.15) is 24.0 Å². The quantitative estimate of drug-likeness (QED) is 0.575. The molecule has 6 rings (SSSR count). The van der Waals surface area contributed by atoms with Crippen molar-refractivity contribution < 1.29 is 14.2 Å². The van der Waals surface area contributed by atoms with Crippen LogP contribution in [0.5, 0.6) is 11.5 Å². The molecule has 0 amide bonds. The van der Waals surface area contributed by atoms with E-state index in [-0.39, 0.29) is 6.10 Å². The molecule has 186 valence electrons. The van der Waals surface area contributed by atoms with Gasteiger partial charge in [0, 0.05) is 37.3 Å². The molecule has 0 atom stereocenters. The number of anilines is 2. The minimum absolute atomic E-state index is 0.0482. The van der Waals surface area contributed by atoms with Crippen LogP contribution < -0.4 is 19.7 Å². The lowest BCUT2D eigenvalue weighted by molar-refractivity contribution is 0.122. The van der Waals surface area contributed by atoms with Gasteiger partial charge in [-0.2, -0.15) is 5.26 Å². The zero-order chi connectivity index (χ0) is 24.5. The summed E-state index contributed by atoms with van der Waals surface area (Å²) < 4.78 is 17.9. The first-order valence-electron chi connectivity index (χ1n) is 12.6. The second kappa shape index (κ2) is 9.74. The molecular weight excluding hydrogens is 458 g/mol. The highest BCUT2D eigenvalue weighted by Gasteiger charge is 2.27. The fourth-order valence-corrected chi connectivity index (χ4v) is 5.31. The molecule has 1 saturated heterocycles. The Labute approximate surface area is 209 Å². The van der Waals surface area contributed by atoms with Crippen molar-refractivity contribution in [2.45, 2.75) is 51.2 Å². The Kier molecular flexibility index (Phi) is 6.15. The second-order valence-electron chi connectivity index (χ2n) is 9.50. The van der Waals surface area contributed by atoms with Crippen molar-refractivity contribution in [1.82, 2.24) is 19.9 Å². The van der Waals surface area contributed by atoms with Crippen molar-refractivity contribution >= 4 is 22.4 Å². The van der Waals surface area contributed by atoms with Crippen LogP contribution in [0.4, 0.5) is 11.5 Å². The highest BCUT2D eigenvalue weighted by atomic mass is 16.5. The number of nitriles is 1. The number of hydrogen-bond donors (Lipinski definition) is 1. The van der Waals surface area contributed by atoms with Gasteiger partial charge in [-0.1, -0.05) is 0 Å². The number of benzene rings is 1. The second-order valence-corrected chi connectivity index (χ2v) is 9.50. The third-order valence-electron chi connectivity index (χ3n) is 7.11. The summed E-state index contributed by atoms with van der Waals surface area (Å²) >= 11 is 0. The highest BCUT2D eigenvalue weighted by Crippen LogP contribution is 2.37. The van der Waals surface area contributed by atoms with E-state index in [1.165, 1.54) is 6.33 Å². The zero-order valence-corrected chi connectivity index (χ0v) is 20.4. The number of ether oxygens (including phenoxy) is 3. The van der Waals surface area contributed by atoms with E-state index in [2.05, 4.69) is 36.2 Å². The number of fused-ring (bicyclic) bond motifs is 2. The van der Waals surface area contributed by atoms with Crippen molar-refractivity contribution in [2.24, 2.45) is 0 Å². The Balaban J connectivity index is 1.19. The molecule has 1 saturated carbocycles. The molecule has 1 aliphatic carbocycles. The normalized spacial score (nSPS) is 21.5.